The summed E-state index contributed by atoms with van der Waals surface area (Å²) in [7, 11) is 0. The lowest BCUT2D eigenvalue weighted by molar-refractivity contribution is 0.665. The molecule has 0 atom stereocenters. The Morgan fingerprint density at radius 2 is 1.79 bits per heavy atom. The normalized spacial score (nSPS) is 12.0. The van der Waals surface area contributed by atoms with Crippen molar-refractivity contribution in [3.8, 4) is 0 Å². The third kappa shape index (κ3) is 3.17. The fourth-order valence-corrected chi connectivity index (χ4v) is 3.40. The Morgan fingerprint density at radius 3 is 2.46 bits per heavy atom. The first kappa shape index (κ1) is 16.6. The Morgan fingerprint density at radius 1 is 1.12 bits per heavy atom. The Bertz CT molecular complexity index is 970. The lowest BCUT2D eigenvalue weighted by Gasteiger charge is -2.21. The highest BCUT2D eigenvalue weighted by Crippen LogP contribution is 2.35. The number of aromatic amines is 2. The molecule has 0 aliphatic heterocycles. The number of hydrogen-bond donors (Lipinski definition) is 2. The average molecular weight is 344 g/mol. The lowest BCUT2D eigenvalue weighted by atomic mass is 10.1. The Labute approximate surface area is 143 Å². The summed E-state index contributed by atoms with van der Waals surface area (Å²) in [5, 5.41) is 5.42. The maximum atomic E-state index is 12.3. The van der Waals surface area contributed by atoms with Crippen molar-refractivity contribution >= 4 is 22.8 Å². The summed E-state index contributed by atoms with van der Waals surface area (Å²) in [5.41, 5.74) is 0.829. The summed E-state index contributed by atoms with van der Waals surface area (Å²) in [6.07, 6.45) is 0.943. The number of rotatable bonds is 5. The number of imidazole rings is 1. The number of nitrogens with one attached hydrogen (secondary N) is 2. The van der Waals surface area contributed by atoms with Gasteiger partial charge in [-0.1, -0.05) is 62.9 Å². The van der Waals surface area contributed by atoms with Crippen LogP contribution in [-0.4, -0.2) is 24.5 Å². The maximum Gasteiger partial charge on any atom is 0.290 e. The summed E-state index contributed by atoms with van der Waals surface area (Å²) >= 11 is 1.58. The van der Waals surface area contributed by atoms with E-state index < -0.39 is 0 Å². The van der Waals surface area contributed by atoms with Crippen LogP contribution in [0.15, 0.2) is 45.1 Å². The molecule has 3 aromatic rings. The van der Waals surface area contributed by atoms with E-state index >= 15 is 0 Å². The summed E-state index contributed by atoms with van der Waals surface area (Å²) in [6, 6.07) is 9.84. The van der Waals surface area contributed by atoms with Crippen LogP contribution in [0.3, 0.4) is 0 Å². The van der Waals surface area contributed by atoms with E-state index in [1.165, 1.54) is 0 Å². The van der Waals surface area contributed by atoms with Gasteiger partial charge in [0.1, 0.15) is 5.52 Å². The fraction of sp³-hybridized carbons (Fsp3) is 0.353. The number of benzene rings is 1. The predicted octanol–water partition coefficient (Wildman–Crippen LogP) is 2.74. The average Bonchev–Trinajstić information content (AvgIpc) is 2.91. The van der Waals surface area contributed by atoms with Crippen molar-refractivity contribution in [1.29, 1.82) is 0 Å². The number of hydrogen-bond acceptors (Lipinski definition) is 4. The number of aromatic nitrogens is 4. The van der Waals surface area contributed by atoms with Crippen molar-refractivity contribution in [2.24, 2.45) is 0 Å². The molecule has 2 N–H and O–H groups in total. The second kappa shape index (κ2) is 6.32. The second-order valence-corrected chi connectivity index (χ2v) is 7.96. The SMILES string of the molecule is CCC(C)(C)Sc1nc2c(=O)[nH][nH]c(=O)c2n1Cc1ccccc1. The van der Waals surface area contributed by atoms with Gasteiger partial charge in [0.25, 0.3) is 11.1 Å². The van der Waals surface area contributed by atoms with Gasteiger partial charge in [0.15, 0.2) is 10.7 Å². The van der Waals surface area contributed by atoms with E-state index in [4.69, 9.17) is 0 Å². The molecule has 2 heterocycles. The van der Waals surface area contributed by atoms with Crippen LogP contribution in [-0.2, 0) is 6.54 Å². The van der Waals surface area contributed by atoms with Crippen molar-refractivity contribution in [2.45, 2.75) is 43.6 Å². The van der Waals surface area contributed by atoms with Gasteiger partial charge in [0, 0.05) is 4.75 Å². The van der Waals surface area contributed by atoms with Crippen LogP contribution in [0, 0.1) is 0 Å². The largest absolute Gasteiger partial charge is 0.310 e. The smallest absolute Gasteiger partial charge is 0.290 e. The van der Waals surface area contributed by atoms with E-state index in [0.29, 0.717) is 17.2 Å². The van der Waals surface area contributed by atoms with Crippen LogP contribution >= 0.6 is 11.8 Å². The molecule has 0 saturated heterocycles. The molecular formula is C17H20N4O2S. The van der Waals surface area contributed by atoms with E-state index in [-0.39, 0.29) is 21.4 Å². The van der Waals surface area contributed by atoms with Gasteiger partial charge in [0.2, 0.25) is 0 Å². The first-order valence-electron chi connectivity index (χ1n) is 7.85. The topological polar surface area (TPSA) is 83.5 Å². The zero-order chi connectivity index (χ0) is 17.3. The predicted molar refractivity (Wildman–Crippen MR) is 96.7 cm³/mol. The van der Waals surface area contributed by atoms with Gasteiger partial charge in [-0.3, -0.25) is 19.8 Å². The Hall–Kier alpha value is -2.28. The van der Waals surface area contributed by atoms with Crippen LogP contribution in [0.5, 0.6) is 0 Å². The van der Waals surface area contributed by atoms with Crippen LogP contribution < -0.4 is 11.1 Å². The molecular weight excluding hydrogens is 324 g/mol. The highest BCUT2D eigenvalue weighted by molar-refractivity contribution is 8.00. The Balaban J connectivity index is 2.21. The van der Waals surface area contributed by atoms with E-state index in [2.05, 4.69) is 36.0 Å². The Kier molecular flexibility index (Phi) is 4.36. The van der Waals surface area contributed by atoms with Crippen LogP contribution in [0.2, 0.25) is 0 Å². The van der Waals surface area contributed by atoms with E-state index in [9.17, 15) is 9.59 Å². The molecule has 7 heteroatoms. The zero-order valence-electron chi connectivity index (χ0n) is 13.9. The second-order valence-electron chi connectivity index (χ2n) is 6.29. The lowest BCUT2D eigenvalue weighted by Crippen LogP contribution is -2.21. The molecule has 2 aromatic heterocycles. The molecule has 0 unspecified atom stereocenters. The minimum absolute atomic E-state index is 0.0463. The van der Waals surface area contributed by atoms with E-state index in [0.717, 1.165) is 12.0 Å². The highest BCUT2D eigenvalue weighted by atomic mass is 32.2. The van der Waals surface area contributed by atoms with Crippen LogP contribution in [0.25, 0.3) is 11.0 Å². The molecule has 3 rings (SSSR count). The molecule has 0 saturated carbocycles. The minimum Gasteiger partial charge on any atom is -0.310 e. The van der Waals surface area contributed by atoms with Crippen molar-refractivity contribution in [3.63, 3.8) is 0 Å². The summed E-state index contributed by atoms with van der Waals surface area (Å²) in [6.45, 7) is 6.85. The van der Waals surface area contributed by atoms with Crippen molar-refractivity contribution in [3.05, 3.63) is 56.6 Å². The molecule has 126 valence electrons. The van der Waals surface area contributed by atoms with Gasteiger partial charge in [0.05, 0.1) is 6.54 Å². The van der Waals surface area contributed by atoms with Crippen LogP contribution in [0.1, 0.15) is 32.8 Å². The quantitative estimate of drug-likeness (QED) is 0.697. The summed E-state index contributed by atoms with van der Waals surface area (Å²) < 4.78 is 1.79. The molecule has 0 aliphatic carbocycles. The molecule has 24 heavy (non-hydrogen) atoms. The molecule has 0 aliphatic rings. The first-order chi connectivity index (χ1) is 11.4. The number of H-pyrrole nitrogens is 2. The minimum atomic E-state index is -0.382. The molecule has 0 spiro atoms. The first-order valence-corrected chi connectivity index (χ1v) is 8.67. The van der Waals surface area contributed by atoms with E-state index in [1.807, 2.05) is 34.9 Å². The molecule has 0 fully saturated rings. The number of fused-ring (bicyclic) bond motifs is 1. The van der Waals surface area contributed by atoms with Crippen molar-refractivity contribution in [2.75, 3.05) is 0 Å². The van der Waals surface area contributed by atoms with E-state index in [1.54, 1.807) is 11.8 Å². The monoisotopic (exact) mass is 344 g/mol. The standard InChI is InChI=1S/C17H20N4O2S/c1-4-17(2,3)24-16-18-12-13(15(23)20-19-14(12)22)21(16)10-11-8-6-5-7-9-11/h5-9H,4,10H2,1-3H3,(H,19,22)(H,20,23). The summed E-state index contributed by atoms with van der Waals surface area (Å²) in [5.74, 6) is 0. The van der Waals surface area contributed by atoms with Gasteiger partial charge in [-0.2, -0.15) is 0 Å². The third-order valence-electron chi connectivity index (χ3n) is 4.05. The van der Waals surface area contributed by atoms with Crippen LogP contribution in [0.4, 0.5) is 0 Å². The van der Waals surface area contributed by atoms with Crippen molar-refractivity contribution in [1.82, 2.24) is 19.7 Å². The highest BCUT2D eigenvalue weighted by Gasteiger charge is 2.24. The number of nitrogens with zero attached hydrogens (tertiary/aromatic N) is 2. The molecule has 1 aromatic carbocycles. The van der Waals surface area contributed by atoms with Gasteiger partial charge in [-0.25, -0.2) is 4.98 Å². The van der Waals surface area contributed by atoms with Crippen molar-refractivity contribution < 1.29 is 0 Å². The molecule has 0 radical (unpaired) electrons. The fourth-order valence-electron chi connectivity index (χ4n) is 2.36. The molecule has 6 nitrogen and oxygen atoms in total. The number of thioether (sulfide) groups is 1. The zero-order valence-corrected chi connectivity index (χ0v) is 14.7. The molecule has 0 amide bonds. The van der Waals surface area contributed by atoms with Gasteiger partial charge >= 0.3 is 0 Å². The van der Waals surface area contributed by atoms with Gasteiger partial charge in [-0.15, -0.1) is 0 Å². The molecule has 0 bridgehead atoms. The maximum absolute atomic E-state index is 12.3. The van der Waals surface area contributed by atoms with Gasteiger partial charge < -0.3 is 4.57 Å². The summed E-state index contributed by atoms with van der Waals surface area (Å²) in [4.78, 5) is 28.8. The third-order valence-corrected chi connectivity index (χ3v) is 5.39. The van der Waals surface area contributed by atoms with Gasteiger partial charge in [-0.05, 0) is 12.0 Å².